The van der Waals surface area contributed by atoms with Crippen molar-refractivity contribution in [3.05, 3.63) is 35.1 Å². The number of aryl methyl sites for hydroxylation is 1. The molecule has 3 N–H and O–H groups in total. The molecule has 2 aliphatic carbocycles. The van der Waals surface area contributed by atoms with E-state index in [-0.39, 0.29) is 30.0 Å². The molecule has 3 nitrogen and oxygen atoms in total. The smallest absolute Gasteiger partial charge is 0.223 e. The van der Waals surface area contributed by atoms with Gasteiger partial charge in [0.05, 0.1) is 0 Å². The highest BCUT2D eigenvalue weighted by Crippen LogP contribution is 2.41. The van der Waals surface area contributed by atoms with E-state index in [1.807, 2.05) is 6.92 Å². The number of amides is 1. The molecular weight excluding hydrogens is 327 g/mol. The molecule has 0 radical (unpaired) electrons. The van der Waals surface area contributed by atoms with Crippen LogP contribution in [0, 0.1) is 30.5 Å². The van der Waals surface area contributed by atoms with E-state index in [0.29, 0.717) is 24.4 Å². The van der Waals surface area contributed by atoms with Gasteiger partial charge < -0.3 is 11.1 Å². The van der Waals surface area contributed by atoms with Gasteiger partial charge in [-0.2, -0.15) is 0 Å². The van der Waals surface area contributed by atoms with Crippen molar-refractivity contribution in [1.29, 1.82) is 0 Å². The van der Waals surface area contributed by atoms with Crippen molar-refractivity contribution in [2.24, 2.45) is 23.5 Å². The molecule has 0 heterocycles. The third kappa shape index (κ3) is 4.28. The molecule has 0 spiro atoms. The van der Waals surface area contributed by atoms with Gasteiger partial charge in [0.15, 0.2) is 0 Å². The second kappa shape index (κ2) is 8.30. The Balaban J connectivity index is 0.00000208. The van der Waals surface area contributed by atoms with Crippen molar-refractivity contribution < 1.29 is 9.18 Å². The normalized spacial score (nSPS) is 28.8. The monoisotopic (exact) mass is 354 g/mol. The molecule has 5 heteroatoms. The van der Waals surface area contributed by atoms with Gasteiger partial charge in [0, 0.05) is 18.5 Å². The summed E-state index contributed by atoms with van der Waals surface area (Å²) in [5.41, 5.74) is 8.32. The molecule has 134 valence electrons. The summed E-state index contributed by atoms with van der Waals surface area (Å²) < 4.78 is 13.1. The van der Waals surface area contributed by atoms with Crippen molar-refractivity contribution in [3.63, 3.8) is 0 Å². The van der Waals surface area contributed by atoms with E-state index in [2.05, 4.69) is 5.32 Å². The molecule has 2 unspecified atom stereocenters. The summed E-state index contributed by atoms with van der Waals surface area (Å²) in [7, 11) is 0. The van der Waals surface area contributed by atoms with Crippen molar-refractivity contribution in [2.45, 2.75) is 51.5 Å². The van der Waals surface area contributed by atoms with E-state index in [9.17, 15) is 9.18 Å². The van der Waals surface area contributed by atoms with Gasteiger partial charge in [-0.25, -0.2) is 4.39 Å². The number of fused-ring (bicyclic) bond motifs is 2. The van der Waals surface area contributed by atoms with Gasteiger partial charge in [0.2, 0.25) is 5.91 Å². The van der Waals surface area contributed by atoms with Gasteiger partial charge in [-0.3, -0.25) is 4.79 Å². The third-order valence-electron chi connectivity index (χ3n) is 5.78. The molecule has 2 atom stereocenters. The Kier molecular flexibility index (Phi) is 6.64. The zero-order valence-corrected chi connectivity index (χ0v) is 15.1. The third-order valence-corrected chi connectivity index (χ3v) is 5.78. The summed E-state index contributed by atoms with van der Waals surface area (Å²) in [6.45, 7) is 2.52. The Hall–Kier alpha value is -1.13. The first kappa shape index (κ1) is 19.2. The fraction of sp³-hybridized carbons (Fsp3) is 0.632. The van der Waals surface area contributed by atoms with Gasteiger partial charge in [-0.1, -0.05) is 12.5 Å². The van der Waals surface area contributed by atoms with Crippen molar-refractivity contribution >= 4 is 18.3 Å². The van der Waals surface area contributed by atoms with Gasteiger partial charge >= 0.3 is 0 Å². The molecule has 3 rings (SSSR count). The molecule has 2 fully saturated rings. The molecule has 1 amide bonds. The molecule has 0 aromatic heterocycles. The molecule has 0 aliphatic heterocycles. The van der Waals surface area contributed by atoms with Gasteiger partial charge in [0.1, 0.15) is 5.82 Å². The minimum Gasteiger partial charge on any atom is -0.356 e. The van der Waals surface area contributed by atoms with Crippen LogP contribution >= 0.6 is 12.4 Å². The van der Waals surface area contributed by atoms with Gasteiger partial charge in [-0.05, 0) is 74.1 Å². The van der Waals surface area contributed by atoms with Crippen LogP contribution in [-0.4, -0.2) is 18.5 Å². The lowest BCUT2D eigenvalue weighted by molar-refractivity contribution is -0.127. The molecule has 2 aliphatic rings. The van der Waals surface area contributed by atoms with E-state index in [0.717, 1.165) is 30.4 Å². The van der Waals surface area contributed by atoms with E-state index in [4.69, 9.17) is 5.73 Å². The maximum absolute atomic E-state index is 13.1. The Morgan fingerprint density at radius 2 is 1.96 bits per heavy atom. The lowest BCUT2D eigenvalue weighted by Gasteiger charge is -2.43. The van der Waals surface area contributed by atoms with E-state index >= 15 is 0 Å². The Morgan fingerprint density at radius 1 is 1.29 bits per heavy atom. The Morgan fingerprint density at radius 3 is 2.58 bits per heavy atom. The van der Waals surface area contributed by atoms with E-state index < -0.39 is 0 Å². The predicted molar refractivity (Wildman–Crippen MR) is 96.6 cm³/mol. The molecule has 0 saturated heterocycles. The lowest BCUT2D eigenvalue weighted by Crippen LogP contribution is -2.49. The molecular formula is C19H28ClFN2O. The number of rotatable bonds is 4. The van der Waals surface area contributed by atoms with Crippen LogP contribution in [0.15, 0.2) is 18.2 Å². The Bertz CT molecular complexity index is 566. The number of halogens is 2. The summed E-state index contributed by atoms with van der Waals surface area (Å²) in [5, 5.41) is 3.07. The van der Waals surface area contributed by atoms with Crippen LogP contribution in [0.1, 0.15) is 43.2 Å². The summed E-state index contributed by atoms with van der Waals surface area (Å²) in [6, 6.07) is 5.13. The van der Waals surface area contributed by atoms with Crippen LogP contribution in [0.3, 0.4) is 0 Å². The van der Waals surface area contributed by atoms with Gasteiger partial charge in [-0.15, -0.1) is 12.4 Å². The second-order valence-electron chi connectivity index (χ2n) is 7.31. The first-order valence-electron chi connectivity index (χ1n) is 8.83. The minimum atomic E-state index is -0.208. The van der Waals surface area contributed by atoms with Crippen LogP contribution in [0.25, 0.3) is 0 Å². The minimum absolute atomic E-state index is 0. The highest BCUT2D eigenvalue weighted by atomic mass is 35.5. The number of carbonyl (C=O) groups is 1. The van der Waals surface area contributed by atoms with Crippen LogP contribution < -0.4 is 11.1 Å². The standard InChI is InChI=1S/C19H27FN2O.ClH/c1-12-9-17(20)6-5-13(12)7-8-22-19(23)16-10-14-3-2-4-15(11-16)18(14)21;/h5-6,9,14-16,18H,2-4,7-8,10-11,21H2,1H3,(H,22,23);1H. The van der Waals surface area contributed by atoms with Crippen LogP contribution in [0.4, 0.5) is 4.39 Å². The Labute approximate surface area is 150 Å². The summed E-state index contributed by atoms with van der Waals surface area (Å²) >= 11 is 0. The largest absolute Gasteiger partial charge is 0.356 e. The molecule has 2 saturated carbocycles. The lowest BCUT2D eigenvalue weighted by atomic mass is 9.65. The topological polar surface area (TPSA) is 55.1 Å². The van der Waals surface area contributed by atoms with Crippen LogP contribution in [-0.2, 0) is 11.2 Å². The first-order valence-corrected chi connectivity index (χ1v) is 8.83. The average molecular weight is 355 g/mol. The molecule has 2 bridgehead atoms. The zero-order chi connectivity index (χ0) is 16.4. The van der Waals surface area contributed by atoms with E-state index in [1.165, 1.54) is 25.3 Å². The zero-order valence-electron chi connectivity index (χ0n) is 14.3. The quantitative estimate of drug-likeness (QED) is 0.871. The van der Waals surface area contributed by atoms with Crippen molar-refractivity contribution in [3.8, 4) is 0 Å². The number of hydrogen-bond acceptors (Lipinski definition) is 2. The van der Waals surface area contributed by atoms with Crippen molar-refractivity contribution in [2.75, 3.05) is 6.54 Å². The highest BCUT2D eigenvalue weighted by molar-refractivity contribution is 5.85. The van der Waals surface area contributed by atoms with Crippen molar-refractivity contribution in [1.82, 2.24) is 5.32 Å². The highest BCUT2D eigenvalue weighted by Gasteiger charge is 2.40. The number of carbonyl (C=O) groups excluding carboxylic acids is 1. The number of benzene rings is 1. The predicted octanol–water partition coefficient (Wildman–Crippen LogP) is 3.37. The summed E-state index contributed by atoms with van der Waals surface area (Å²) in [6.07, 6.45) is 6.25. The first-order chi connectivity index (χ1) is 11.0. The summed E-state index contributed by atoms with van der Waals surface area (Å²) in [4.78, 5) is 12.5. The van der Waals surface area contributed by atoms with E-state index in [1.54, 1.807) is 12.1 Å². The fourth-order valence-electron chi connectivity index (χ4n) is 4.41. The number of nitrogens with two attached hydrogens (primary N) is 1. The fourth-order valence-corrected chi connectivity index (χ4v) is 4.41. The summed E-state index contributed by atoms with van der Waals surface area (Å²) in [5.74, 6) is 1.14. The average Bonchev–Trinajstić information content (AvgIpc) is 2.49. The van der Waals surface area contributed by atoms with Gasteiger partial charge in [0.25, 0.3) is 0 Å². The molecule has 24 heavy (non-hydrogen) atoms. The second-order valence-corrected chi connectivity index (χ2v) is 7.31. The number of hydrogen-bond donors (Lipinski definition) is 2. The maximum Gasteiger partial charge on any atom is 0.223 e. The SMILES string of the molecule is Cc1cc(F)ccc1CCNC(=O)C1CC2CCCC(C1)C2N.Cl. The molecule has 1 aromatic carbocycles. The van der Waals surface area contributed by atoms with Crippen LogP contribution in [0.5, 0.6) is 0 Å². The number of nitrogens with one attached hydrogen (secondary N) is 1. The van der Waals surface area contributed by atoms with Crippen LogP contribution in [0.2, 0.25) is 0 Å². The maximum atomic E-state index is 13.1. The molecule has 1 aromatic rings.